The van der Waals surface area contributed by atoms with E-state index in [1.807, 2.05) is 18.2 Å². The number of methoxy groups -OCH3 is 1. The Morgan fingerprint density at radius 3 is 2.67 bits per heavy atom. The zero-order chi connectivity index (χ0) is 20.9. The summed E-state index contributed by atoms with van der Waals surface area (Å²) in [4.78, 5) is 16.9. The number of aromatic nitrogens is 1. The molecule has 0 saturated carbocycles. The first-order valence-electron chi connectivity index (χ1n) is 9.57. The molecule has 3 aromatic carbocycles. The first-order valence-corrected chi connectivity index (χ1v) is 10.6. The third-order valence-corrected chi connectivity index (χ3v) is 5.88. The fraction of sp³-hybridized carbons (Fsp3) is 0.125. The lowest BCUT2D eigenvalue weighted by molar-refractivity contribution is 0.0956. The molecule has 0 bridgehead atoms. The molecule has 4 rings (SSSR count). The van der Waals surface area contributed by atoms with Gasteiger partial charge in [0.15, 0.2) is 0 Å². The molecule has 0 spiro atoms. The number of benzene rings is 3. The van der Waals surface area contributed by atoms with Crippen molar-refractivity contribution in [1.82, 2.24) is 10.3 Å². The Balaban J connectivity index is 1.47. The van der Waals surface area contributed by atoms with Crippen LogP contribution >= 0.6 is 11.8 Å². The van der Waals surface area contributed by atoms with Crippen molar-refractivity contribution >= 4 is 28.6 Å². The van der Waals surface area contributed by atoms with Crippen molar-refractivity contribution in [3.8, 4) is 17.0 Å². The number of carbonyl (C=O) groups is 1. The monoisotopic (exact) mass is 420 g/mol. The summed E-state index contributed by atoms with van der Waals surface area (Å²) in [5.74, 6) is 0.961. The molecule has 0 aliphatic carbocycles. The lowest BCUT2D eigenvalue weighted by Crippen LogP contribution is -2.25. The number of para-hydroxylation sites is 1. The second-order valence-electron chi connectivity index (χ2n) is 6.72. The van der Waals surface area contributed by atoms with E-state index in [1.54, 1.807) is 55.3 Å². The topological polar surface area (TPSA) is 54.1 Å². The Labute approximate surface area is 178 Å². The van der Waals surface area contributed by atoms with Crippen LogP contribution in [0.1, 0.15) is 10.4 Å². The second-order valence-corrected chi connectivity index (χ2v) is 7.82. The maximum Gasteiger partial charge on any atom is 0.251 e. The summed E-state index contributed by atoms with van der Waals surface area (Å²) in [6.07, 6.45) is 0. The van der Waals surface area contributed by atoms with Crippen molar-refractivity contribution in [3.63, 3.8) is 0 Å². The minimum atomic E-state index is -0.260. The molecule has 0 saturated heterocycles. The normalized spacial score (nSPS) is 10.9. The number of amides is 1. The maximum atomic E-state index is 13.4. The van der Waals surface area contributed by atoms with Gasteiger partial charge in [-0.05, 0) is 54.1 Å². The highest BCUT2D eigenvalue weighted by Crippen LogP contribution is 2.37. The summed E-state index contributed by atoms with van der Waals surface area (Å²) in [7, 11) is 1.58. The lowest BCUT2D eigenvalue weighted by Gasteiger charge is -2.08. The highest BCUT2D eigenvalue weighted by Gasteiger charge is 2.14. The molecule has 30 heavy (non-hydrogen) atoms. The molecule has 1 heterocycles. The fourth-order valence-corrected chi connectivity index (χ4v) is 4.32. The summed E-state index contributed by atoms with van der Waals surface area (Å²) in [6.45, 7) is 0.517. The van der Waals surface area contributed by atoms with Crippen molar-refractivity contribution in [3.05, 3.63) is 84.2 Å². The van der Waals surface area contributed by atoms with Gasteiger partial charge in [0.05, 0.1) is 12.8 Å². The van der Waals surface area contributed by atoms with Gasteiger partial charge in [0, 0.05) is 33.7 Å². The zero-order valence-electron chi connectivity index (χ0n) is 16.4. The number of hydrogen-bond acceptors (Lipinski definition) is 3. The van der Waals surface area contributed by atoms with Crippen LogP contribution in [0.25, 0.3) is 22.2 Å². The molecule has 0 unspecified atom stereocenters. The maximum absolute atomic E-state index is 13.4. The molecule has 2 N–H and O–H groups in total. The van der Waals surface area contributed by atoms with Crippen LogP contribution in [0.2, 0.25) is 0 Å². The lowest BCUT2D eigenvalue weighted by atomic mass is 10.1. The highest BCUT2D eigenvalue weighted by molar-refractivity contribution is 7.99. The molecule has 4 aromatic rings. The van der Waals surface area contributed by atoms with Gasteiger partial charge < -0.3 is 15.0 Å². The molecule has 152 valence electrons. The standard InChI is InChI=1S/C24H21FN2O2S/c1-29-19-6-4-5-17(15-19)24(28)26-13-14-30-23-20-7-2-3-8-21(20)27-22(23)16-9-11-18(25)12-10-16/h2-12,15,27H,13-14H2,1H3,(H,26,28). The quantitative estimate of drug-likeness (QED) is 0.306. The predicted octanol–water partition coefficient (Wildman–Crippen LogP) is 5.50. The minimum absolute atomic E-state index is 0.132. The second kappa shape index (κ2) is 9.05. The SMILES string of the molecule is COc1cccc(C(=O)NCCSc2c(-c3ccc(F)cc3)[nH]c3ccccc23)c1. The molecule has 0 atom stereocenters. The number of rotatable bonds is 7. The van der Waals surface area contributed by atoms with Crippen molar-refractivity contribution in [2.45, 2.75) is 4.90 Å². The number of halogens is 1. The minimum Gasteiger partial charge on any atom is -0.497 e. The van der Waals surface area contributed by atoms with Crippen molar-refractivity contribution in [2.24, 2.45) is 0 Å². The van der Waals surface area contributed by atoms with Crippen LogP contribution < -0.4 is 10.1 Å². The number of carbonyl (C=O) groups excluding carboxylic acids is 1. The average molecular weight is 421 g/mol. The average Bonchev–Trinajstić information content (AvgIpc) is 3.15. The number of hydrogen-bond donors (Lipinski definition) is 2. The van der Waals surface area contributed by atoms with E-state index in [0.29, 0.717) is 23.6 Å². The number of ether oxygens (including phenoxy) is 1. The van der Waals surface area contributed by atoms with Gasteiger partial charge >= 0.3 is 0 Å². The Morgan fingerprint density at radius 2 is 1.87 bits per heavy atom. The number of H-pyrrole nitrogens is 1. The highest BCUT2D eigenvalue weighted by atomic mass is 32.2. The Morgan fingerprint density at radius 1 is 1.07 bits per heavy atom. The van der Waals surface area contributed by atoms with Crippen LogP contribution in [0.4, 0.5) is 4.39 Å². The van der Waals surface area contributed by atoms with E-state index in [0.717, 1.165) is 27.1 Å². The molecule has 0 aliphatic rings. The number of nitrogens with one attached hydrogen (secondary N) is 2. The van der Waals surface area contributed by atoms with Gasteiger partial charge in [-0.25, -0.2) is 4.39 Å². The van der Waals surface area contributed by atoms with Gasteiger partial charge in [-0.1, -0.05) is 24.3 Å². The van der Waals surface area contributed by atoms with Gasteiger partial charge in [0.1, 0.15) is 11.6 Å². The Bertz CT molecular complexity index is 1170. The first-order chi connectivity index (χ1) is 14.7. The van der Waals surface area contributed by atoms with Crippen LogP contribution in [-0.2, 0) is 0 Å². The molecule has 0 fully saturated rings. The van der Waals surface area contributed by atoms with E-state index in [9.17, 15) is 9.18 Å². The Hall–Kier alpha value is -3.25. The van der Waals surface area contributed by atoms with Crippen LogP contribution in [0, 0.1) is 5.82 Å². The van der Waals surface area contributed by atoms with E-state index in [2.05, 4.69) is 16.4 Å². The molecular weight excluding hydrogens is 399 g/mol. The van der Waals surface area contributed by atoms with Crippen LogP contribution in [0.5, 0.6) is 5.75 Å². The van der Waals surface area contributed by atoms with Crippen molar-refractivity contribution < 1.29 is 13.9 Å². The van der Waals surface area contributed by atoms with Gasteiger partial charge in [-0.3, -0.25) is 4.79 Å². The summed E-state index contributed by atoms with van der Waals surface area (Å²) in [6, 6.07) is 21.6. The van der Waals surface area contributed by atoms with E-state index < -0.39 is 0 Å². The van der Waals surface area contributed by atoms with E-state index in [1.165, 1.54) is 12.1 Å². The number of thioether (sulfide) groups is 1. The van der Waals surface area contributed by atoms with Gasteiger partial charge in [-0.15, -0.1) is 11.8 Å². The van der Waals surface area contributed by atoms with Gasteiger partial charge in [-0.2, -0.15) is 0 Å². The third kappa shape index (κ3) is 4.33. The molecule has 1 amide bonds. The molecule has 0 aliphatic heterocycles. The number of fused-ring (bicyclic) bond motifs is 1. The molecule has 1 aromatic heterocycles. The fourth-order valence-electron chi connectivity index (χ4n) is 3.27. The number of aromatic amines is 1. The van der Waals surface area contributed by atoms with E-state index >= 15 is 0 Å². The van der Waals surface area contributed by atoms with Crippen LogP contribution in [0.15, 0.2) is 77.7 Å². The molecular formula is C24H21FN2O2S. The Kier molecular flexibility index (Phi) is 6.05. The van der Waals surface area contributed by atoms with Crippen molar-refractivity contribution in [1.29, 1.82) is 0 Å². The van der Waals surface area contributed by atoms with Crippen LogP contribution in [0.3, 0.4) is 0 Å². The first kappa shape index (κ1) is 20.0. The van der Waals surface area contributed by atoms with E-state index in [4.69, 9.17) is 4.74 Å². The summed E-state index contributed by atoms with van der Waals surface area (Å²) in [5, 5.41) is 4.06. The van der Waals surface area contributed by atoms with Crippen LogP contribution in [-0.4, -0.2) is 30.3 Å². The molecule has 4 nitrogen and oxygen atoms in total. The largest absolute Gasteiger partial charge is 0.497 e. The molecule has 0 radical (unpaired) electrons. The summed E-state index contributed by atoms with van der Waals surface area (Å²) in [5.41, 5.74) is 3.48. The third-order valence-electron chi connectivity index (χ3n) is 4.76. The summed E-state index contributed by atoms with van der Waals surface area (Å²) < 4.78 is 18.5. The van der Waals surface area contributed by atoms with Gasteiger partial charge in [0.25, 0.3) is 5.91 Å². The zero-order valence-corrected chi connectivity index (χ0v) is 17.3. The summed E-state index contributed by atoms with van der Waals surface area (Å²) >= 11 is 1.66. The molecule has 6 heteroatoms. The predicted molar refractivity (Wildman–Crippen MR) is 120 cm³/mol. The smallest absolute Gasteiger partial charge is 0.251 e. The van der Waals surface area contributed by atoms with Crippen molar-refractivity contribution in [2.75, 3.05) is 19.4 Å². The van der Waals surface area contributed by atoms with E-state index in [-0.39, 0.29) is 11.7 Å². The van der Waals surface area contributed by atoms with Gasteiger partial charge in [0.2, 0.25) is 0 Å².